The summed E-state index contributed by atoms with van der Waals surface area (Å²) in [4.78, 5) is 33.9. The molecule has 1 atom stereocenters. The van der Waals surface area contributed by atoms with E-state index in [4.69, 9.17) is 16.3 Å². The van der Waals surface area contributed by atoms with Crippen LogP contribution in [-0.2, 0) is 27.0 Å². The molecule has 3 N–H and O–H groups in total. The largest absolute Gasteiger partial charge is 0.481 e. The highest BCUT2D eigenvalue weighted by Crippen LogP contribution is 2.38. The van der Waals surface area contributed by atoms with Crippen molar-refractivity contribution in [3.8, 4) is 5.75 Å². The number of amides is 2. The number of nitrogens with zero attached hydrogens (tertiary/aromatic N) is 3. The predicted octanol–water partition coefficient (Wildman–Crippen LogP) is 2.84. The van der Waals surface area contributed by atoms with E-state index in [9.17, 15) is 18.0 Å². The van der Waals surface area contributed by atoms with E-state index < -0.39 is 10.0 Å². The van der Waals surface area contributed by atoms with Crippen LogP contribution in [-0.4, -0.2) is 102 Å². The molecule has 5 heterocycles. The van der Waals surface area contributed by atoms with Crippen LogP contribution in [0.5, 0.6) is 5.75 Å². The predicted molar refractivity (Wildman–Crippen MR) is 173 cm³/mol. The van der Waals surface area contributed by atoms with Crippen LogP contribution in [0.15, 0.2) is 36.5 Å². The van der Waals surface area contributed by atoms with E-state index in [0.29, 0.717) is 27.9 Å². The van der Waals surface area contributed by atoms with E-state index in [1.165, 1.54) is 17.5 Å². The van der Waals surface area contributed by atoms with Crippen molar-refractivity contribution in [3.05, 3.63) is 58.2 Å². The van der Waals surface area contributed by atoms with Gasteiger partial charge in [0.25, 0.3) is 11.8 Å². The number of halogens is 1. The second-order valence-corrected chi connectivity index (χ2v) is 14.3. The number of sulfonamides is 1. The lowest BCUT2D eigenvalue weighted by Crippen LogP contribution is -2.57. The maximum atomic E-state index is 12.8. The van der Waals surface area contributed by atoms with Gasteiger partial charge in [-0.2, -0.15) is 0 Å². The first-order valence-electron chi connectivity index (χ1n) is 14.8. The molecule has 0 saturated carbocycles. The van der Waals surface area contributed by atoms with Crippen molar-refractivity contribution in [1.29, 1.82) is 0 Å². The molecule has 3 aromatic rings. The minimum atomic E-state index is -3.23. The average molecular weight is 645 g/mol. The third-order valence-corrected chi connectivity index (χ3v) is 10.2. The second-order valence-electron chi connectivity index (χ2n) is 12.0. The Morgan fingerprint density at radius 2 is 1.93 bits per heavy atom. The van der Waals surface area contributed by atoms with Crippen molar-refractivity contribution in [2.75, 3.05) is 65.9 Å². The quantitative estimate of drug-likeness (QED) is 0.344. The summed E-state index contributed by atoms with van der Waals surface area (Å²) in [5.74, 6) is 0.640. The van der Waals surface area contributed by atoms with Crippen LogP contribution in [0.1, 0.15) is 34.3 Å². The molecule has 2 aromatic carbocycles. The van der Waals surface area contributed by atoms with Crippen molar-refractivity contribution in [2.45, 2.75) is 31.1 Å². The molecule has 4 aliphatic heterocycles. The van der Waals surface area contributed by atoms with Gasteiger partial charge in [-0.3, -0.25) is 9.59 Å². The fourth-order valence-electron chi connectivity index (χ4n) is 6.05. The van der Waals surface area contributed by atoms with Gasteiger partial charge in [0, 0.05) is 48.3 Å². The number of carbonyl (C=O) groups is 2. The van der Waals surface area contributed by atoms with Crippen LogP contribution < -0.4 is 19.7 Å². The molecule has 4 aliphatic rings. The number of benzene rings is 2. The standard InChI is InChI=1S/C17H20ClN3O3.C14H21N3O2S/c1-20-14-7-11(18)6-12(16(14)24-9-15(20)22)17(23)19-13-8-21-4-2-10(13)3-5-21;1-15-20(18,19)10-11-4-5-14-13(8-11)12(9-16-14)6-7-17(2)3/h6-7,10,13H,2-5,8-9H2,1H3,(H,19,23);4-5,8-9,15-16H,6-7,10H2,1-3H3. The van der Waals surface area contributed by atoms with E-state index in [2.05, 4.69) is 24.8 Å². The second kappa shape index (κ2) is 13.5. The van der Waals surface area contributed by atoms with Crippen LogP contribution in [0.2, 0.25) is 5.02 Å². The summed E-state index contributed by atoms with van der Waals surface area (Å²) in [5.41, 5.74) is 4.01. The monoisotopic (exact) mass is 644 g/mol. The number of ether oxygens (including phenoxy) is 1. The van der Waals surface area contributed by atoms with Crippen LogP contribution in [0.4, 0.5) is 5.69 Å². The molecule has 7 rings (SSSR count). The van der Waals surface area contributed by atoms with E-state index in [-0.39, 0.29) is 30.2 Å². The Morgan fingerprint density at radius 3 is 2.59 bits per heavy atom. The smallest absolute Gasteiger partial charge is 0.264 e. The number of aromatic nitrogens is 1. The lowest BCUT2D eigenvalue weighted by Gasteiger charge is -2.45. The molecular formula is C31H41ClN6O5S. The van der Waals surface area contributed by atoms with Crippen LogP contribution in [0, 0.1) is 5.92 Å². The summed E-state index contributed by atoms with van der Waals surface area (Å²) in [6.45, 7) is 4.05. The number of rotatable bonds is 8. The highest BCUT2D eigenvalue weighted by atomic mass is 35.5. The molecular weight excluding hydrogens is 604 g/mol. The van der Waals surface area contributed by atoms with Crippen molar-refractivity contribution >= 4 is 50.0 Å². The number of carbonyl (C=O) groups excluding carboxylic acids is 2. The Labute approximate surface area is 263 Å². The Hall–Kier alpha value is -3.16. The number of hydrogen-bond donors (Lipinski definition) is 3. The minimum absolute atomic E-state index is 0.0116. The zero-order valence-electron chi connectivity index (χ0n) is 25.7. The third kappa shape index (κ3) is 7.37. The third-order valence-electron chi connectivity index (χ3n) is 8.65. The first-order valence-corrected chi connectivity index (χ1v) is 16.9. The van der Waals surface area contributed by atoms with E-state index in [1.54, 1.807) is 19.2 Å². The van der Waals surface area contributed by atoms with Crippen molar-refractivity contribution in [1.82, 2.24) is 24.8 Å². The molecule has 13 heteroatoms. The summed E-state index contributed by atoms with van der Waals surface area (Å²) in [7, 11) is 3.95. The fourth-order valence-corrected chi connectivity index (χ4v) is 7.02. The highest BCUT2D eigenvalue weighted by Gasteiger charge is 2.36. The van der Waals surface area contributed by atoms with E-state index >= 15 is 0 Å². The van der Waals surface area contributed by atoms with Crippen LogP contribution in [0.3, 0.4) is 0 Å². The number of likely N-dealkylation sites (N-methyl/N-ethyl adjacent to an activating group) is 2. The van der Waals surface area contributed by atoms with Crippen LogP contribution >= 0.6 is 11.6 Å². The molecule has 2 amide bonds. The van der Waals surface area contributed by atoms with Crippen molar-refractivity contribution < 1.29 is 22.7 Å². The number of fused-ring (bicyclic) bond motifs is 5. The number of H-pyrrole nitrogens is 1. The average Bonchev–Trinajstić information content (AvgIpc) is 3.40. The lowest BCUT2D eigenvalue weighted by molar-refractivity contribution is -0.121. The van der Waals surface area contributed by atoms with Crippen molar-refractivity contribution in [2.24, 2.45) is 5.92 Å². The summed E-state index contributed by atoms with van der Waals surface area (Å²) >= 11 is 6.16. The van der Waals surface area contributed by atoms with Gasteiger partial charge in [0.05, 0.1) is 17.0 Å². The van der Waals surface area contributed by atoms with Gasteiger partial charge in [0.15, 0.2) is 12.4 Å². The maximum Gasteiger partial charge on any atom is 0.264 e. The number of nitrogens with one attached hydrogen (secondary N) is 3. The molecule has 2 bridgehead atoms. The SMILES string of the molecule is CN1C(=O)COc2c(C(=O)NC3CN4CCC3CC4)cc(Cl)cc21.CNS(=O)(=O)Cc1ccc2[nH]cc(CCN(C)C)c2c1. The fraction of sp³-hybridized carbons (Fsp3) is 0.484. The van der Waals surface area contributed by atoms with Gasteiger partial charge in [-0.15, -0.1) is 0 Å². The maximum absolute atomic E-state index is 12.8. The van der Waals surface area contributed by atoms with Gasteiger partial charge >= 0.3 is 0 Å². The van der Waals surface area contributed by atoms with Gasteiger partial charge in [-0.05, 0) is 94.8 Å². The number of hydrogen-bond acceptors (Lipinski definition) is 7. The Morgan fingerprint density at radius 1 is 1.18 bits per heavy atom. The zero-order chi connectivity index (χ0) is 31.6. The highest BCUT2D eigenvalue weighted by molar-refractivity contribution is 7.88. The van der Waals surface area contributed by atoms with Gasteiger partial charge in [0.1, 0.15) is 0 Å². The van der Waals surface area contributed by atoms with Gasteiger partial charge in [-0.25, -0.2) is 13.1 Å². The minimum Gasteiger partial charge on any atom is -0.481 e. The summed E-state index contributed by atoms with van der Waals surface area (Å²) in [5, 5.41) is 4.67. The first kappa shape index (κ1) is 32.2. The summed E-state index contributed by atoms with van der Waals surface area (Å²) in [6, 6.07) is 9.18. The summed E-state index contributed by atoms with van der Waals surface area (Å²) < 4.78 is 31.1. The van der Waals surface area contributed by atoms with Gasteiger partial charge < -0.3 is 29.7 Å². The lowest BCUT2D eigenvalue weighted by atomic mass is 9.84. The topological polar surface area (TPSA) is 127 Å². The Bertz CT molecular complexity index is 1630. The first-order chi connectivity index (χ1) is 20.9. The van der Waals surface area contributed by atoms with E-state index in [0.717, 1.165) is 61.9 Å². The van der Waals surface area contributed by atoms with Crippen LogP contribution in [0.25, 0.3) is 10.9 Å². The summed E-state index contributed by atoms with van der Waals surface area (Å²) in [6.07, 6.45) is 5.21. The number of anilines is 1. The molecule has 238 valence electrons. The van der Waals surface area contributed by atoms with E-state index in [1.807, 2.05) is 38.5 Å². The molecule has 0 radical (unpaired) electrons. The number of aromatic amines is 1. The Balaban J connectivity index is 0.000000178. The molecule has 1 unspecified atom stereocenters. The van der Waals surface area contributed by atoms with Crippen molar-refractivity contribution in [3.63, 3.8) is 0 Å². The molecule has 3 fully saturated rings. The molecule has 44 heavy (non-hydrogen) atoms. The molecule has 0 spiro atoms. The Kier molecular flexibility index (Phi) is 9.86. The molecule has 1 aromatic heterocycles. The van der Waals surface area contributed by atoms with Gasteiger partial charge in [-0.1, -0.05) is 17.7 Å². The zero-order valence-corrected chi connectivity index (χ0v) is 27.2. The normalized spacial score (nSPS) is 21.1. The molecule has 11 nitrogen and oxygen atoms in total. The van der Waals surface area contributed by atoms with Gasteiger partial charge in [0.2, 0.25) is 10.0 Å². The molecule has 0 aliphatic carbocycles. The number of piperidine rings is 3. The molecule has 3 saturated heterocycles.